The molecule has 1 atom stereocenters. The molecule has 0 saturated carbocycles. The standard InChI is InChI=1S/C12H18BrNO2S/c1-9(10-2-3-11(13)17-10)14-8-12(15)4-6-16-7-5-12/h2-3,9,14-15H,4-8H2,1H3. The van der Waals surface area contributed by atoms with Crippen LogP contribution in [0.15, 0.2) is 15.9 Å². The molecule has 0 amide bonds. The first-order chi connectivity index (χ1) is 8.09. The Kier molecular flexibility index (Phi) is 4.60. The number of halogens is 1. The van der Waals surface area contributed by atoms with Crippen LogP contribution >= 0.6 is 27.3 Å². The maximum absolute atomic E-state index is 10.3. The van der Waals surface area contributed by atoms with Gasteiger partial charge in [0.2, 0.25) is 0 Å². The number of nitrogens with one attached hydrogen (secondary N) is 1. The van der Waals surface area contributed by atoms with Gasteiger partial charge >= 0.3 is 0 Å². The van der Waals surface area contributed by atoms with Crippen molar-refractivity contribution in [1.82, 2.24) is 5.32 Å². The highest BCUT2D eigenvalue weighted by atomic mass is 79.9. The number of aliphatic hydroxyl groups is 1. The largest absolute Gasteiger partial charge is 0.388 e. The Morgan fingerprint density at radius 1 is 1.53 bits per heavy atom. The Bertz CT molecular complexity index is 363. The van der Waals surface area contributed by atoms with Crippen LogP contribution in [0.1, 0.15) is 30.7 Å². The maximum Gasteiger partial charge on any atom is 0.0815 e. The van der Waals surface area contributed by atoms with E-state index in [1.807, 2.05) is 0 Å². The van der Waals surface area contributed by atoms with E-state index >= 15 is 0 Å². The molecule has 1 aliphatic heterocycles. The highest BCUT2D eigenvalue weighted by molar-refractivity contribution is 9.11. The van der Waals surface area contributed by atoms with Crippen molar-refractivity contribution in [2.45, 2.75) is 31.4 Å². The molecule has 1 fully saturated rings. The Morgan fingerprint density at radius 2 is 2.24 bits per heavy atom. The summed E-state index contributed by atoms with van der Waals surface area (Å²) in [7, 11) is 0. The topological polar surface area (TPSA) is 41.5 Å². The van der Waals surface area contributed by atoms with E-state index in [1.165, 1.54) is 4.88 Å². The van der Waals surface area contributed by atoms with Crippen LogP contribution < -0.4 is 5.32 Å². The molecule has 1 aromatic heterocycles. The van der Waals surface area contributed by atoms with Gasteiger partial charge in [-0.25, -0.2) is 0 Å². The summed E-state index contributed by atoms with van der Waals surface area (Å²) in [5, 5.41) is 13.7. The van der Waals surface area contributed by atoms with E-state index < -0.39 is 5.60 Å². The van der Waals surface area contributed by atoms with Gasteiger partial charge in [-0.3, -0.25) is 0 Å². The van der Waals surface area contributed by atoms with Crippen LogP contribution in [0.25, 0.3) is 0 Å². The summed E-state index contributed by atoms with van der Waals surface area (Å²) in [5.74, 6) is 0. The highest BCUT2D eigenvalue weighted by Gasteiger charge is 2.29. The Balaban J connectivity index is 1.85. The summed E-state index contributed by atoms with van der Waals surface area (Å²) in [5.41, 5.74) is -0.596. The van der Waals surface area contributed by atoms with E-state index in [9.17, 15) is 5.11 Å². The lowest BCUT2D eigenvalue weighted by Crippen LogP contribution is -2.45. The second-order valence-corrected chi connectivity index (χ2v) is 7.08. The molecule has 0 aliphatic carbocycles. The smallest absolute Gasteiger partial charge is 0.0815 e. The SMILES string of the molecule is CC(NCC1(O)CCOCC1)c1ccc(Br)s1. The first kappa shape index (κ1) is 13.5. The lowest BCUT2D eigenvalue weighted by molar-refractivity contribution is -0.0625. The average Bonchev–Trinajstić information content (AvgIpc) is 2.74. The molecule has 0 aromatic carbocycles. The van der Waals surface area contributed by atoms with Crippen LogP contribution in [-0.2, 0) is 4.74 Å². The Labute approximate surface area is 114 Å². The minimum Gasteiger partial charge on any atom is -0.388 e. The van der Waals surface area contributed by atoms with Gasteiger partial charge in [-0.15, -0.1) is 11.3 Å². The van der Waals surface area contributed by atoms with Gasteiger partial charge in [0.15, 0.2) is 0 Å². The average molecular weight is 320 g/mol. The first-order valence-electron chi connectivity index (χ1n) is 5.88. The lowest BCUT2D eigenvalue weighted by Gasteiger charge is -2.33. The third-order valence-electron chi connectivity index (χ3n) is 3.18. The molecule has 0 radical (unpaired) electrons. The summed E-state index contributed by atoms with van der Waals surface area (Å²) in [4.78, 5) is 1.28. The van der Waals surface area contributed by atoms with Crippen LogP contribution in [0.3, 0.4) is 0 Å². The molecule has 2 N–H and O–H groups in total. The van der Waals surface area contributed by atoms with Gasteiger partial charge in [-0.05, 0) is 35.0 Å². The summed E-state index contributed by atoms with van der Waals surface area (Å²) in [6.07, 6.45) is 1.45. The second-order valence-electron chi connectivity index (χ2n) is 4.58. The first-order valence-corrected chi connectivity index (χ1v) is 7.49. The Morgan fingerprint density at radius 3 is 2.82 bits per heavy atom. The van der Waals surface area contributed by atoms with E-state index in [-0.39, 0.29) is 6.04 Å². The Hall–Kier alpha value is 0.0600. The van der Waals surface area contributed by atoms with Crippen LogP contribution in [0.2, 0.25) is 0 Å². The van der Waals surface area contributed by atoms with Crippen LogP contribution in [0.5, 0.6) is 0 Å². The minimum absolute atomic E-state index is 0.276. The zero-order valence-electron chi connectivity index (χ0n) is 9.91. The van der Waals surface area contributed by atoms with Gasteiger partial charge in [0.1, 0.15) is 0 Å². The maximum atomic E-state index is 10.3. The fourth-order valence-corrected chi connectivity index (χ4v) is 3.38. The second kappa shape index (κ2) is 5.80. The molecular weight excluding hydrogens is 302 g/mol. The van der Waals surface area contributed by atoms with Crippen molar-refractivity contribution in [3.05, 3.63) is 20.8 Å². The van der Waals surface area contributed by atoms with E-state index in [1.54, 1.807) is 11.3 Å². The zero-order chi connectivity index (χ0) is 12.3. The molecular formula is C12H18BrNO2S. The number of hydrogen-bond donors (Lipinski definition) is 2. The van der Waals surface area contributed by atoms with Gasteiger partial charge in [0, 0.05) is 43.5 Å². The van der Waals surface area contributed by atoms with Crippen molar-refractivity contribution in [3.63, 3.8) is 0 Å². The molecule has 3 nitrogen and oxygen atoms in total. The lowest BCUT2D eigenvalue weighted by atomic mass is 9.94. The van der Waals surface area contributed by atoms with Crippen LogP contribution in [0.4, 0.5) is 0 Å². The molecule has 0 spiro atoms. The quantitative estimate of drug-likeness (QED) is 0.896. The molecule has 96 valence electrons. The number of rotatable bonds is 4. The van der Waals surface area contributed by atoms with E-state index in [4.69, 9.17) is 4.74 Å². The van der Waals surface area contributed by atoms with E-state index in [0.717, 1.165) is 16.6 Å². The van der Waals surface area contributed by atoms with Gasteiger partial charge in [-0.1, -0.05) is 0 Å². The van der Waals surface area contributed by atoms with Crippen LogP contribution in [-0.4, -0.2) is 30.5 Å². The monoisotopic (exact) mass is 319 g/mol. The molecule has 1 aliphatic rings. The molecule has 0 bridgehead atoms. The molecule has 2 heterocycles. The van der Waals surface area contributed by atoms with E-state index in [2.05, 4.69) is 40.3 Å². The van der Waals surface area contributed by atoms with Gasteiger partial charge in [-0.2, -0.15) is 0 Å². The normalized spacial score (nSPS) is 21.4. The third-order valence-corrected chi connectivity index (χ3v) is 4.99. The number of hydrogen-bond acceptors (Lipinski definition) is 4. The van der Waals surface area contributed by atoms with Crippen molar-refractivity contribution in [2.24, 2.45) is 0 Å². The molecule has 1 unspecified atom stereocenters. The third kappa shape index (κ3) is 3.76. The molecule has 1 saturated heterocycles. The summed E-state index contributed by atoms with van der Waals surface area (Å²) < 4.78 is 6.41. The van der Waals surface area contributed by atoms with Crippen LogP contribution in [0, 0.1) is 0 Å². The fraction of sp³-hybridized carbons (Fsp3) is 0.667. The highest BCUT2D eigenvalue weighted by Crippen LogP contribution is 2.28. The summed E-state index contributed by atoms with van der Waals surface area (Å²) >= 11 is 5.19. The van der Waals surface area contributed by atoms with Crippen molar-refractivity contribution in [3.8, 4) is 0 Å². The van der Waals surface area contributed by atoms with E-state index in [0.29, 0.717) is 19.8 Å². The fourth-order valence-electron chi connectivity index (χ4n) is 1.93. The molecule has 2 rings (SSSR count). The molecule has 17 heavy (non-hydrogen) atoms. The molecule has 1 aromatic rings. The number of ether oxygens (including phenoxy) is 1. The number of thiophene rings is 1. The zero-order valence-corrected chi connectivity index (χ0v) is 12.3. The van der Waals surface area contributed by atoms with Crippen molar-refractivity contribution in [1.29, 1.82) is 0 Å². The van der Waals surface area contributed by atoms with Gasteiger partial charge in [0.05, 0.1) is 9.39 Å². The minimum atomic E-state index is -0.596. The van der Waals surface area contributed by atoms with Crippen molar-refractivity contribution >= 4 is 27.3 Å². The van der Waals surface area contributed by atoms with Crippen molar-refractivity contribution in [2.75, 3.05) is 19.8 Å². The van der Waals surface area contributed by atoms with Crippen molar-refractivity contribution < 1.29 is 9.84 Å². The predicted octanol–water partition coefficient (Wildman–Crippen LogP) is 2.70. The summed E-state index contributed by atoms with van der Waals surface area (Å²) in [6, 6.07) is 4.44. The van der Waals surface area contributed by atoms with Gasteiger partial charge in [0.25, 0.3) is 0 Å². The predicted molar refractivity (Wildman–Crippen MR) is 73.4 cm³/mol. The summed E-state index contributed by atoms with van der Waals surface area (Å²) in [6.45, 7) is 4.09. The molecule has 5 heteroatoms. The van der Waals surface area contributed by atoms with Gasteiger partial charge < -0.3 is 15.2 Å².